The van der Waals surface area contributed by atoms with Crippen LogP contribution < -0.4 is 15.2 Å². The van der Waals surface area contributed by atoms with Gasteiger partial charge < -0.3 is 19.9 Å². The first kappa shape index (κ1) is 16.1. The lowest BCUT2D eigenvalue weighted by Gasteiger charge is -2.34. The van der Waals surface area contributed by atoms with Crippen molar-refractivity contribution >= 4 is 0 Å². The average molecular weight is 294 g/mol. The highest BCUT2D eigenvalue weighted by Gasteiger charge is 2.22. The minimum Gasteiger partial charge on any atom is -0.494 e. The highest BCUT2D eigenvalue weighted by Crippen LogP contribution is 2.17. The van der Waals surface area contributed by atoms with Gasteiger partial charge in [0, 0.05) is 25.7 Å². The summed E-state index contributed by atoms with van der Waals surface area (Å²) in [6.45, 7) is 8.76. The van der Waals surface area contributed by atoms with Gasteiger partial charge in [0.15, 0.2) is 0 Å². The van der Waals surface area contributed by atoms with E-state index in [4.69, 9.17) is 19.9 Å². The van der Waals surface area contributed by atoms with E-state index in [2.05, 4.69) is 4.90 Å². The van der Waals surface area contributed by atoms with Crippen molar-refractivity contribution in [1.82, 2.24) is 4.90 Å². The number of nitrogens with two attached hydrogens (primary N) is 1. The van der Waals surface area contributed by atoms with Crippen LogP contribution in [0.2, 0.25) is 0 Å². The predicted molar refractivity (Wildman–Crippen MR) is 82.9 cm³/mol. The molecule has 5 heteroatoms. The topological polar surface area (TPSA) is 57.0 Å². The zero-order valence-corrected chi connectivity index (χ0v) is 13.0. The standard InChI is InChI=1S/C16H26N2O3/c1-3-19-14-4-6-15(7-5-14)20-10-8-18-9-11-21-16(12-18)13(2)17/h4-7,13,16H,3,8-12,17H2,1-2H3. The summed E-state index contributed by atoms with van der Waals surface area (Å²) >= 11 is 0. The van der Waals surface area contributed by atoms with Gasteiger partial charge in [-0.3, -0.25) is 4.90 Å². The van der Waals surface area contributed by atoms with Crippen molar-refractivity contribution in [3.05, 3.63) is 24.3 Å². The van der Waals surface area contributed by atoms with Crippen molar-refractivity contribution in [3.63, 3.8) is 0 Å². The lowest BCUT2D eigenvalue weighted by Crippen LogP contribution is -2.50. The van der Waals surface area contributed by atoms with Crippen LogP contribution in [0, 0.1) is 0 Å². The van der Waals surface area contributed by atoms with Gasteiger partial charge in [0.25, 0.3) is 0 Å². The molecule has 1 aromatic rings. The molecule has 0 amide bonds. The van der Waals surface area contributed by atoms with E-state index in [1.807, 2.05) is 38.1 Å². The van der Waals surface area contributed by atoms with Gasteiger partial charge in [-0.1, -0.05) is 0 Å². The summed E-state index contributed by atoms with van der Waals surface area (Å²) in [6.07, 6.45) is 0.129. The molecule has 1 heterocycles. The van der Waals surface area contributed by atoms with Crippen LogP contribution in [0.25, 0.3) is 0 Å². The Balaban J connectivity index is 1.71. The molecule has 0 bridgehead atoms. The molecule has 1 aliphatic rings. The van der Waals surface area contributed by atoms with Gasteiger partial charge in [0.2, 0.25) is 0 Å². The zero-order valence-electron chi connectivity index (χ0n) is 13.0. The molecule has 0 saturated carbocycles. The Morgan fingerprint density at radius 1 is 1.29 bits per heavy atom. The van der Waals surface area contributed by atoms with Crippen LogP contribution in [0.4, 0.5) is 0 Å². The van der Waals surface area contributed by atoms with Crippen LogP contribution in [-0.2, 0) is 4.74 Å². The second kappa shape index (κ2) is 8.22. The maximum absolute atomic E-state index is 5.89. The molecule has 2 rings (SSSR count). The molecule has 2 atom stereocenters. The fraction of sp³-hybridized carbons (Fsp3) is 0.625. The Morgan fingerprint density at radius 3 is 2.57 bits per heavy atom. The summed E-state index contributed by atoms with van der Waals surface area (Å²) in [6, 6.07) is 7.81. The minimum atomic E-state index is 0.0693. The molecule has 1 saturated heterocycles. The lowest BCUT2D eigenvalue weighted by atomic mass is 10.1. The van der Waals surface area contributed by atoms with Gasteiger partial charge in [-0.05, 0) is 38.1 Å². The smallest absolute Gasteiger partial charge is 0.119 e. The SMILES string of the molecule is CCOc1ccc(OCCN2CCOC(C(C)N)C2)cc1. The van der Waals surface area contributed by atoms with Crippen LogP contribution in [0.1, 0.15) is 13.8 Å². The highest BCUT2D eigenvalue weighted by molar-refractivity contribution is 5.31. The molecule has 2 unspecified atom stereocenters. The molecule has 0 aromatic heterocycles. The van der Waals surface area contributed by atoms with Crippen molar-refractivity contribution in [1.29, 1.82) is 0 Å². The number of rotatable bonds is 7. The maximum Gasteiger partial charge on any atom is 0.119 e. The maximum atomic E-state index is 5.89. The van der Waals surface area contributed by atoms with Gasteiger partial charge in [0.05, 0.1) is 19.3 Å². The zero-order chi connectivity index (χ0) is 15.1. The number of ether oxygens (including phenoxy) is 3. The van der Waals surface area contributed by atoms with E-state index in [9.17, 15) is 0 Å². The molecule has 1 aromatic carbocycles. The molecule has 1 fully saturated rings. The van der Waals surface area contributed by atoms with Crippen LogP contribution in [0.3, 0.4) is 0 Å². The monoisotopic (exact) mass is 294 g/mol. The molecule has 0 aliphatic carbocycles. The van der Waals surface area contributed by atoms with E-state index in [1.54, 1.807) is 0 Å². The van der Waals surface area contributed by atoms with Gasteiger partial charge in [0.1, 0.15) is 18.1 Å². The van der Waals surface area contributed by atoms with Crippen molar-refractivity contribution in [2.24, 2.45) is 5.73 Å². The average Bonchev–Trinajstić information content (AvgIpc) is 2.50. The van der Waals surface area contributed by atoms with Crippen molar-refractivity contribution in [2.75, 3.05) is 39.5 Å². The molecule has 0 spiro atoms. The van der Waals surface area contributed by atoms with Crippen LogP contribution >= 0.6 is 0 Å². The van der Waals surface area contributed by atoms with E-state index in [1.165, 1.54) is 0 Å². The number of morpholine rings is 1. The minimum absolute atomic E-state index is 0.0693. The van der Waals surface area contributed by atoms with E-state index in [-0.39, 0.29) is 12.1 Å². The number of benzene rings is 1. The summed E-state index contributed by atoms with van der Waals surface area (Å²) in [5.41, 5.74) is 5.89. The fourth-order valence-electron chi connectivity index (χ4n) is 2.34. The fourth-order valence-corrected chi connectivity index (χ4v) is 2.34. The van der Waals surface area contributed by atoms with Gasteiger partial charge >= 0.3 is 0 Å². The first-order valence-corrected chi connectivity index (χ1v) is 7.64. The third-order valence-electron chi connectivity index (χ3n) is 3.58. The molecule has 118 valence electrons. The summed E-state index contributed by atoms with van der Waals surface area (Å²) in [7, 11) is 0. The molecule has 5 nitrogen and oxygen atoms in total. The van der Waals surface area contributed by atoms with Gasteiger partial charge in [-0.2, -0.15) is 0 Å². The second-order valence-electron chi connectivity index (χ2n) is 5.32. The molecule has 0 radical (unpaired) electrons. The van der Waals surface area contributed by atoms with Crippen LogP contribution in [0.15, 0.2) is 24.3 Å². The van der Waals surface area contributed by atoms with Crippen molar-refractivity contribution < 1.29 is 14.2 Å². The largest absolute Gasteiger partial charge is 0.494 e. The summed E-state index contributed by atoms with van der Waals surface area (Å²) in [5, 5.41) is 0. The molecular weight excluding hydrogens is 268 g/mol. The summed E-state index contributed by atoms with van der Waals surface area (Å²) in [4.78, 5) is 2.34. The normalized spacial score (nSPS) is 21.0. The third-order valence-corrected chi connectivity index (χ3v) is 3.58. The first-order valence-electron chi connectivity index (χ1n) is 7.64. The van der Waals surface area contributed by atoms with E-state index < -0.39 is 0 Å². The summed E-state index contributed by atoms with van der Waals surface area (Å²) in [5.74, 6) is 1.74. The second-order valence-corrected chi connectivity index (χ2v) is 5.32. The lowest BCUT2D eigenvalue weighted by molar-refractivity contribution is -0.0402. The van der Waals surface area contributed by atoms with Crippen molar-refractivity contribution in [2.45, 2.75) is 26.0 Å². The van der Waals surface area contributed by atoms with Crippen molar-refractivity contribution in [3.8, 4) is 11.5 Å². The third kappa shape index (κ3) is 5.19. The Bertz CT molecular complexity index is 408. The molecule has 1 aliphatic heterocycles. The number of hydrogen-bond donors (Lipinski definition) is 1. The number of nitrogens with zero attached hydrogens (tertiary/aromatic N) is 1. The Labute approximate surface area is 127 Å². The van der Waals surface area contributed by atoms with Gasteiger partial charge in [-0.15, -0.1) is 0 Å². The molecule has 2 N–H and O–H groups in total. The van der Waals surface area contributed by atoms with E-state index >= 15 is 0 Å². The molecule has 21 heavy (non-hydrogen) atoms. The highest BCUT2D eigenvalue weighted by atomic mass is 16.5. The quantitative estimate of drug-likeness (QED) is 0.826. The van der Waals surface area contributed by atoms with E-state index in [0.29, 0.717) is 13.2 Å². The number of hydrogen-bond acceptors (Lipinski definition) is 5. The summed E-state index contributed by atoms with van der Waals surface area (Å²) < 4.78 is 16.8. The Kier molecular flexibility index (Phi) is 6.29. The van der Waals surface area contributed by atoms with Gasteiger partial charge in [-0.25, -0.2) is 0 Å². The van der Waals surface area contributed by atoms with Crippen LogP contribution in [-0.4, -0.2) is 56.5 Å². The van der Waals surface area contributed by atoms with E-state index in [0.717, 1.165) is 37.7 Å². The Hall–Kier alpha value is -1.30. The molecular formula is C16H26N2O3. The van der Waals surface area contributed by atoms with Crippen LogP contribution in [0.5, 0.6) is 11.5 Å². The predicted octanol–water partition coefficient (Wildman–Crippen LogP) is 1.51. The Morgan fingerprint density at radius 2 is 1.95 bits per heavy atom. The first-order chi connectivity index (χ1) is 10.2.